The lowest BCUT2D eigenvalue weighted by atomic mass is 10.1. The number of ether oxygens (including phenoxy) is 1. The molecular formula is C22H16ClFN2O3. The highest BCUT2D eigenvalue weighted by atomic mass is 35.5. The van der Waals surface area contributed by atoms with E-state index >= 15 is 0 Å². The zero-order valence-corrected chi connectivity index (χ0v) is 15.9. The first-order chi connectivity index (χ1) is 14.0. The molecule has 0 saturated heterocycles. The van der Waals surface area contributed by atoms with Gasteiger partial charge in [-0.05, 0) is 48.0 Å². The summed E-state index contributed by atoms with van der Waals surface area (Å²) in [6.45, 7) is 0. The number of amides is 2. The summed E-state index contributed by atoms with van der Waals surface area (Å²) in [5, 5.41) is 5.34. The van der Waals surface area contributed by atoms with Crippen LogP contribution in [0.1, 0.15) is 15.9 Å². The van der Waals surface area contributed by atoms with Crippen LogP contribution in [0.25, 0.3) is 0 Å². The van der Waals surface area contributed by atoms with Crippen molar-refractivity contribution in [1.29, 1.82) is 0 Å². The monoisotopic (exact) mass is 410 g/mol. The number of nitrogens with one attached hydrogen (secondary N) is 2. The molecule has 146 valence electrons. The van der Waals surface area contributed by atoms with E-state index < -0.39 is 17.8 Å². The van der Waals surface area contributed by atoms with Crippen LogP contribution in [0.2, 0.25) is 5.02 Å². The molecule has 3 aromatic rings. The highest BCUT2D eigenvalue weighted by Crippen LogP contribution is 2.28. The van der Waals surface area contributed by atoms with Gasteiger partial charge in [0.1, 0.15) is 11.6 Å². The van der Waals surface area contributed by atoms with E-state index in [4.69, 9.17) is 16.3 Å². The number of hydrogen-bond donors (Lipinski definition) is 2. The van der Waals surface area contributed by atoms with Crippen LogP contribution < -0.4 is 15.4 Å². The average molecular weight is 411 g/mol. The van der Waals surface area contributed by atoms with Crippen LogP contribution in [0.4, 0.5) is 15.8 Å². The smallest absolute Gasteiger partial charge is 0.265 e. The molecule has 0 bridgehead atoms. The molecule has 5 nitrogen and oxygen atoms in total. The molecule has 0 aromatic heterocycles. The first-order valence-corrected chi connectivity index (χ1v) is 9.29. The van der Waals surface area contributed by atoms with Gasteiger partial charge in [0.15, 0.2) is 6.10 Å². The summed E-state index contributed by atoms with van der Waals surface area (Å²) in [6.07, 6.45) is -0.126. The van der Waals surface area contributed by atoms with Crippen LogP contribution in [0, 0.1) is 5.82 Å². The molecule has 0 aliphatic carbocycles. The second-order valence-electron chi connectivity index (χ2n) is 6.57. The van der Waals surface area contributed by atoms with Crippen LogP contribution in [-0.2, 0) is 11.2 Å². The lowest BCUT2D eigenvalue weighted by Crippen LogP contribution is -2.31. The van der Waals surface area contributed by atoms with E-state index in [1.165, 1.54) is 18.2 Å². The largest absolute Gasteiger partial charge is 0.480 e. The fourth-order valence-corrected chi connectivity index (χ4v) is 3.25. The Balaban J connectivity index is 1.42. The maximum atomic E-state index is 13.3. The van der Waals surface area contributed by atoms with Crippen molar-refractivity contribution in [1.82, 2.24) is 0 Å². The number of anilines is 2. The Kier molecular flexibility index (Phi) is 5.18. The predicted molar refractivity (Wildman–Crippen MR) is 109 cm³/mol. The average Bonchev–Trinajstić information content (AvgIpc) is 3.15. The number of fused-ring (bicyclic) bond motifs is 1. The number of carbonyl (C=O) groups is 2. The third-order valence-electron chi connectivity index (χ3n) is 4.51. The van der Waals surface area contributed by atoms with Gasteiger partial charge in [-0.1, -0.05) is 35.9 Å². The first kappa shape index (κ1) is 19.0. The zero-order valence-electron chi connectivity index (χ0n) is 15.1. The van der Waals surface area contributed by atoms with E-state index in [1.807, 2.05) is 24.3 Å². The maximum Gasteiger partial charge on any atom is 0.265 e. The summed E-state index contributed by atoms with van der Waals surface area (Å²) in [4.78, 5) is 25.0. The third-order valence-corrected chi connectivity index (χ3v) is 4.80. The minimum Gasteiger partial charge on any atom is -0.480 e. The van der Waals surface area contributed by atoms with Crippen molar-refractivity contribution < 1.29 is 18.7 Å². The standard InChI is InChI=1S/C22H16ClFN2O3/c23-17-12-16(8-9-18(17)24)25-21(27)14-5-3-6-15(10-14)26-22(28)20-11-13-4-1-2-7-19(13)29-20/h1-10,12,20H,11H2,(H,25,27)(H,26,28). The molecule has 7 heteroatoms. The summed E-state index contributed by atoms with van der Waals surface area (Å²) in [6, 6.07) is 17.9. The van der Waals surface area contributed by atoms with Gasteiger partial charge in [0.2, 0.25) is 0 Å². The predicted octanol–water partition coefficient (Wildman–Crippen LogP) is 4.67. The van der Waals surface area contributed by atoms with Crippen molar-refractivity contribution in [2.45, 2.75) is 12.5 Å². The quantitative estimate of drug-likeness (QED) is 0.656. The number of hydrogen-bond acceptors (Lipinski definition) is 3. The molecule has 2 amide bonds. The molecular weight excluding hydrogens is 395 g/mol. The van der Waals surface area contributed by atoms with E-state index in [-0.39, 0.29) is 10.9 Å². The number of para-hydroxylation sites is 1. The Morgan fingerprint density at radius 1 is 0.966 bits per heavy atom. The molecule has 3 aromatic carbocycles. The van der Waals surface area contributed by atoms with Crippen LogP contribution in [0.5, 0.6) is 5.75 Å². The Morgan fingerprint density at radius 3 is 2.55 bits per heavy atom. The second-order valence-corrected chi connectivity index (χ2v) is 6.98. The van der Waals surface area contributed by atoms with Gasteiger partial charge in [-0.3, -0.25) is 9.59 Å². The topological polar surface area (TPSA) is 67.4 Å². The summed E-state index contributed by atoms with van der Waals surface area (Å²) >= 11 is 5.74. The highest BCUT2D eigenvalue weighted by Gasteiger charge is 2.28. The first-order valence-electron chi connectivity index (χ1n) is 8.91. The number of halogens is 2. The summed E-state index contributed by atoms with van der Waals surface area (Å²) in [7, 11) is 0. The van der Waals surface area contributed by atoms with Crippen LogP contribution >= 0.6 is 11.6 Å². The SMILES string of the molecule is O=C(Nc1ccc(F)c(Cl)c1)c1cccc(NC(=O)C2Cc3ccccc3O2)c1. The molecule has 1 atom stereocenters. The molecule has 0 spiro atoms. The molecule has 0 saturated carbocycles. The zero-order chi connectivity index (χ0) is 20.4. The van der Waals surface area contributed by atoms with Gasteiger partial charge in [0.05, 0.1) is 5.02 Å². The Hall–Kier alpha value is -3.38. The van der Waals surface area contributed by atoms with E-state index in [0.717, 1.165) is 5.56 Å². The minimum atomic E-state index is -0.619. The van der Waals surface area contributed by atoms with E-state index in [1.54, 1.807) is 24.3 Å². The maximum absolute atomic E-state index is 13.3. The summed E-state index contributed by atoms with van der Waals surface area (Å²) < 4.78 is 18.9. The van der Waals surface area contributed by atoms with Gasteiger partial charge >= 0.3 is 0 Å². The fourth-order valence-electron chi connectivity index (χ4n) is 3.07. The lowest BCUT2D eigenvalue weighted by Gasteiger charge is -2.12. The molecule has 1 unspecified atom stereocenters. The molecule has 0 fully saturated rings. The van der Waals surface area contributed by atoms with Gasteiger partial charge < -0.3 is 15.4 Å². The van der Waals surface area contributed by atoms with Gasteiger partial charge in [0.25, 0.3) is 11.8 Å². The second kappa shape index (κ2) is 7.93. The van der Waals surface area contributed by atoms with Crippen molar-refractivity contribution in [3.05, 3.63) is 88.7 Å². The summed E-state index contributed by atoms with van der Waals surface area (Å²) in [5.74, 6) is -0.554. The molecule has 2 N–H and O–H groups in total. The highest BCUT2D eigenvalue weighted by molar-refractivity contribution is 6.31. The van der Waals surface area contributed by atoms with E-state index in [2.05, 4.69) is 10.6 Å². The van der Waals surface area contributed by atoms with Crippen LogP contribution in [0.3, 0.4) is 0 Å². The molecule has 29 heavy (non-hydrogen) atoms. The molecule has 0 radical (unpaired) electrons. The third kappa shape index (κ3) is 4.22. The number of benzene rings is 3. The molecule has 1 heterocycles. The van der Waals surface area contributed by atoms with E-state index in [9.17, 15) is 14.0 Å². The van der Waals surface area contributed by atoms with Crippen molar-refractivity contribution >= 4 is 34.8 Å². The van der Waals surface area contributed by atoms with E-state index in [0.29, 0.717) is 29.1 Å². The Morgan fingerprint density at radius 2 is 1.76 bits per heavy atom. The number of carbonyl (C=O) groups excluding carboxylic acids is 2. The van der Waals surface area contributed by atoms with Crippen molar-refractivity contribution in [3.63, 3.8) is 0 Å². The minimum absolute atomic E-state index is 0.0821. The lowest BCUT2D eigenvalue weighted by molar-refractivity contribution is -0.122. The normalized spacial score (nSPS) is 14.6. The number of rotatable bonds is 4. The van der Waals surface area contributed by atoms with Crippen LogP contribution in [0.15, 0.2) is 66.7 Å². The van der Waals surface area contributed by atoms with Crippen LogP contribution in [-0.4, -0.2) is 17.9 Å². The Bertz CT molecular complexity index is 1080. The summed E-state index contributed by atoms with van der Waals surface area (Å²) in [5.41, 5.74) is 2.16. The van der Waals surface area contributed by atoms with Gasteiger partial charge in [-0.25, -0.2) is 4.39 Å². The van der Waals surface area contributed by atoms with Crippen molar-refractivity contribution in [3.8, 4) is 5.75 Å². The van der Waals surface area contributed by atoms with Crippen molar-refractivity contribution in [2.75, 3.05) is 10.6 Å². The fraction of sp³-hybridized carbons (Fsp3) is 0.0909. The van der Waals surface area contributed by atoms with Gasteiger partial charge in [-0.2, -0.15) is 0 Å². The van der Waals surface area contributed by atoms with Gasteiger partial charge in [0, 0.05) is 23.4 Å². The van der Waals surface area contributed by atoms with Gasteiger partial charge in [-0.15, -0.1) is 0 Å². The molecule has 4 rings (SSSR count). The Labute approximate surface area is 171 Å². The molecule has 1 aliphatic rings. The van der Waals surface area contributed by atoms with Crippen molar-refractivity contribution in [2.24, 2.45) is 0 Å². The molecule has 1 aliphatic heterocycles.